The van der Waals surface area contributed by atoms with E-state index in [2.05, 4.69) is 15.6 Å². The molecule has 3 heterocycles. The zero-order valence-electron chi connectivity index (χ0n) is 16.6. The zero-order chi connectivity index (χ0) is 22.0. The molecule has 0 radical (unpaired) electrons. The van der Waals surface area contributed by atoms with Gasteiger partial charge in [0, 0.05) is 12.3 Å². The largest absolute Gasteiger partial charge is 0.327 e. The highest BCUT2D eigenvalue weighted by molar-refractivity contribution is 6.02. The molecule has 4 amide bonds. The lowest BCUT2D eigenvalue weighted by molar-refractivity contribution is -0.138. The van der Waals surface area contributed by atoms with Crippen LogP contribution in [0.3, 0.4) is 0 Å². The molecule has 0 saturated carbocycles. The van der Waals surface area contributed by atoms with Crippen LogP contribution in [-0.4, -0.2) is 57.8 Å². The highest BCUT2D eigenvalue weighted by atomic mass is 19.1. The maximum Gasteiger partial charge on any atom is 0.327 e. The number of piperidine rings is 1. The molecule has 2 aromatic rings. The molecule has 2 aliphatic rings. The molecular formula is C21H21F2N5O3. The van der Waals surface area contributed by atoms with Crippen LogP contribution in [-0.2, 0) is 16.1 Å². The Bertz CT molecular complexity index is 1000. The van der Waals surface area contributed by atoms with Crippen molar-refractivity contribution in [1.82, 2.24) is 20.1 Å². The van der Waals surface area contributed by atoms with Crippen LogP contribution < -0.4 is 10.6 Å². The number of aromatic nitrogens is 1. The Morgan fingerprint density at radius 3 is 2.81 bits per heavy atom. The number of benzene rings is 1. The molecule has 2 saturated heterocycles. The standard InChI is InChI=1S/C21H21F2N5O3/c22-13-6-7-16(15(23)10-13)26-18(29)12-27-17-5-3-9-25-19(17)20(30)28(21(27)31)11-14-4-1-2-8-24-14/h1-2,4,6-8,10,17,19,25H,3,5,9,11-12H2,(H,26,29). The summed E-state index contributed by atoms with van der Waals surface area (Å²) in [5, 5.41) is 5.50. The second-order valence-electron chi connectivity index (χ2n) is 7.47. The second-order valence-corrected chi connectivity index (χ2v) is 7.47. The number of fused-ring (bicyclic) bond motifs is 1. The maximum atomic E-state index is 13.9. The number of hydrogen-bond acceptors (Lipinski definition) is 5. The number of imide groups is 1. The van der Waals surface area contributed by atoms with Gasteiger partial charge in [-0.3, -0.25) is 19.5 Å². The van der Waals surface area contributed by atoms with E-state index in [1.54, 1.807) is 24.4 Å². The summed E-state index contributed by atoms with van der Waals surface area (Å²) < 4.78 is 27.0. The van der Waals surface area contributed by atoms with Crippen LogP contribution in [0, 0.1) is 11.6 Å². The number of urea groups is 1. The van der Waals surface area contributed by atoms with Gasteiger partial charge in [-0.1, -0.05) is 6.07 Å². The van der Waals surface area contributed by atoms with Gasteiger partial charge in [0.25, 0.3) is 0 Å². The van der Waals surface area contributed by atoms with Crippen LogP contribution in [0.25, 0.3) is 0 Å². The minimum atomic E-state index is -0.914. The lowest BCUT2D eigenvalue weighted by Crippen LogP contribution is -2.70. The van der Waals surface area contributed by atoms with Gasteiger partial charge in [-0.2, -0.15) is 0 Å². The predicted octanol–water partition coefficient (Wildman–Crippen LogP) is 1.88. The maximum absolute atomic E-state index is 13.9. The van der Waals surface area contributed by atoms with Crippen LogP contribution in [0.4, 0.5) is 19.3 Å². The third kappa shape index (κ3) is 4.38. The number of anilines is 1. The third-order valence-corrected chi connectivity index (χ3v) is 5.40. The molecule has 0 bridgehead atoms. The number of nitrogens with zero attached hydrogens (tertiary/aromatic N) is 3. The smallest absolute Gasteiger partial charge is 0.322 e. The fraction of sp³-hybridized carbons (Fsp3) is 0.333. The topological polar surface area (TPSA) is 94.6 Å². The van der Waals surface area contributed by atoms with Crippen molar-refractivity contribution < 1.29 is 23.2 Å². The quantitative estimate of drug-likeness (QED) is 0.757. The Kier molecular flexibility index (Phi) is 5.90. The van der Waals surface area contributed by atoms with Crippen molar-refractivity contribution in [3.8, 4) is 0 Å². The van der Waals surface area contributed by atoms with E-state index in [0.29, 0.717) is 24.7 Å². The van der Waals surface area contributed by atoms with E-state index in [9.17, 15) is 23.2 Å². The first-order chi connectivity index (χ1) is 14.9. The van der Waals surface area contributed by atoms with Crippen molar-refractivity contribution >= 4 is 23.5 Å². The number of hydrogen-bond donors (Lipinski definition) is 2. The average Bonchev–Trinajstić information content (AvgIpc) is 2.77. The van der Waals surface area contributed by atoms with Gasteiger partial charge in [0.1, 0.15) is 24.2 Å². The summed E-state index contributed by atoms with van der Waals surface area (Å²) in [4.78, 5) is 45.3. The van der Waals surface area contributed by atoms with Crippen LogP contribution in [0.15, 0.2) is 42.6 Å². The van der Waals surface area contributed by atoms with Gasteiger partial charge in [0.15, 0.2) is 0 Å². The van der Waals surface area contributed by atoms with Crippen LogP contribution in [0.5, 0.6) is 0 Å². The van der Waals surface area contributed by atoms with E-state index in [4.69, 9.17) is 0 Å². The highest BCUT2D eigenvalue weighted by Gasteiger charge is 2.47. The number of pyridine rings is 1. The van der Waals surface area contributed by atoms with E-state index in [1.165, 1.54) is 4.90 Å². The lowest BCUT2D eigenvalue weighted by Gasteiger charge is -2.46. The molecule has 162 valence electrons. The van der Waals surface area contributed by atoms with Gasteiger partial charge in [-0.25, -0.2) is 13.6 Å². The second kappa shape index (κ2) is 8.76. The molecule has 2 atom stereocenters. The number of rotatable bonds is 5. The first kappa shape index (κ1) is 20.9. The molecule has 0 aliphatic carbocycles. The number of halogens is 2. The summed E-state index contributed by atoms with van der Waals surface area (Å²) in [6.07, 6.45) is 2.87. The molecule has 1 aromatic carbocycles. The number of carbonyl (C=O) groups excluding carboxylic acids is 3. The SMILES string of the molecule is O=C(CN1C(=O)N(Cc2ccccn2)C(=O)C2NCCCC21)Nc1ccc(F)cc1F. The summed E-state index contributed by atoms with van der Waals surface area (Å²) in [5.41, 5.74) is 0.354. The zero-order valence-corrected chi connectivity index (χ0v) is 16.6. The molecule has 0 spiro atoms. The van der Waals surface area contributed by atoms with E-state index in [0.717, 1.165) is 23.5 Å². The van der Waals surface area contributed by atoms with Gasteiger partial charge in [-0.15, -0.1) is 0 Å². The minimum Gasteiger partial charge on any atom is -0.322 e. The Morgan fingerprint density at radius 2 is 2.06 bits per heavy atom. The van der Waals surface area contributed by atoms with Crippen molar-refractivity contribution in [2.75, 3.05) is 18.4 Å². The van der Waals surface area contributed by atoms with Gasteiger partial charge in [0.05, 0.1) is 24.0 Å². The fourth-order valence-corrected chi connectivity index (χ4v) is 3.94. The van der Waals surface area contributed by atoms with E-state index < -0.39 is 35.7 Å². The Labute approximate surface area is 177 Å². The summed E-state index contributed by atoms with van der Waals surface area (Å²) in [7, 11) is 0. The van der Waals surface area contributed by atoms with Crippen molar-refractivity contribution in [3.63, 3.8) is 0 Å². The molecule has 10 heteroatoms. The van der Waals surface area contributed by atoms with Crippen LogP contribution in [0.1, 0.15) is 18.5 Å². The van der Waals surface area contributed by atoms with Crippen molar-refractivity contribution in [2.45, 2.75) is 31.5 Å². The van der Waals surface area contributed by atoms with Crippen molar-refractivity contribution in [1.29, 1.82) is 0 Å². The summed E-state index contributed by atoms with van der Waals surface area (Å²) in [6.45, 7) is 0.234. The Morgan fingerprint density at radius 1 is 1.23 bits per heavy atom. The average molecular weight is 429 g/mol. The molecule has 2 aliphatic heterocycles. The fourth-order valence-electron chi connectivity index (χ4n) is 3.94. The first-order valence-electron chi connectivity index (χ1n) is 9.94. The molecule has 8 nitrogen and oxygen atoms in total. The van der Waals surface area contributed by atoms with Crippen molar-refractivity contribution in [2.24, 2.45) is 0 Å². The van der Waals surface area contributed by atoms with Crippen molar-refractivity contribution in [3.05, 3.63) is 59.9 Å². The normalized spacial score (nSPS) is 21.1. The van der Waals surface area contributed by atoms with Gasteiger partial charge < -0.3 is 15.5 Å². The Balaban J connectivity index is 1.54. The molecule has 4 rings (SSSR count). The molecule has 1 aromatic heterocycles. The number of amides is 4. The van der Waals surface area contributed by atoms with Crippen LogP contribution >= 0.6 is 0 Å². The molecule has 2 unspecified atom stereocenters. The monoisotopic (exact) mass is 429 g/mol. The first-order valence-corrected chi connectivity index (χ1v) is 9.94. The van der Waals surface area contributed by atoms with Gasteiger partial charge in [0.2, 0.25) is 11.8 Å². The minimum absolute atomic E-state index is 0.0197. The predicted molar refractivity (Wildman–Crippen MR) is 107 cm³/mol. The summed E-state index contributed by atoms with van der Waals surface area (Å²) >= 11 is 0. The molecule has 2 N–H and O–H groups in total. The molecule has 2 fully saturated rings. The summed E-state index contributed by atoms with van der Waals surface area (Å²) in [5.74, 6) is -2.68. The number of nitrogens with one attached hydrogen (secondary N) is 2. The van der Waals surface area contributed by atoms with E-state index in [-0.39, 0.29) is 24.7 Å². The van der Waals surface area contributed by atoms with Gasteiger partial charge >= 0.3 is 6.03 Å². The van der Waals surface area contributed by atoms with Gasteiger partial charge in [-0.05, 0) is 43.7 Å². The third-order valence-electron chi connectivity index (χ3n) is 5.40. The van der Waals surface area contributed by atoms with E-state index in [1.807, 2.05) is 0 Å². The summed E-state index contributed by atoms with van der Waals surface area (Å²) in [6, 6.07) is 6.27. The van der Waals surface area contributed by atoms with E-state index >= 15 is 0 Å². The Hall–Kier alpha value is -3.40. The highest BCUT2D eigenvalue weighted by Crippen LogP contribution is 2.26. The molecule has 31 heavy (non-hydrogen) atoms. The lowest BCUT2D eigenvalue weighted by atomic mass is 9.93. The van der Waals surface area contributed by atoms with Crippen LogP contribution in [0.2, 0.25) is 0 Å². The number of carbonyl (C=O) groups is 3. The molecular weight excluding hydrogens is 408 g/mol.